The van der Waals surface area contributed by atoms with E-state index in [9.17, 15) is 4.79 Å². The van der Waals surface area contributed by atoms with E-state index in [0.29, 0.717) is 11.5 Å². The van der Waals surface area contributed by atoms with E-state index >= 15 is 0 Å². The van der Waals surface area contributed by atoms with Crippen LogP contribution in [0.25, 0.3) is 0 Å². The van der Waals surface area contributed by atoms with E-state index in [4.69, 9.17) is 5.73 Å². The lowest BCUT2D eigenvalue weighted by atomic mass is 9.98. The van der Waals surface area contributed by atoms with Crippen molar-refractivity contribution in [1.82, 2.24) is 0 Å². The van der Waals surface area contributed by atoms with Gasteiger partial charge in [0.2, 0.25) is 0 Å². The van der Waals surface area contributed by atoms with E-state index in [2.05, 4.69) is 19.2 Å². The van der Waals surface area contributed by atoms with Crippen molar-refractivity contribution in [1.29, 1.82) is 0 Å². The number of benzene rings is 1. The molecule has 1 rings (SSSR count). The zero-order chi connectivity index (χ0) is 14.3. The lowest BCUT2D eigenvalue weighted by Gasteiger charge is -2.13. The van der Waals surface area contributed by atoms with Crippen molar-refractivity contribution in [2.24, 2.45) is 11.7 Å². The van der Waals surface area contributed by atoms with Gasteiger partial charge in [-0.1, -0.05) is 44.5 Å². The largest absolute Gasteiger partial charge is 0.324 e. The minimum Gasteiger partial charge on any atom is -0.324 e. The van der Waals surface area contributed by atoms with E-state index in [-0.39, 0.29) is 11.9 Å². The van der Waals surface area contributed by atoms with Crippen molar-refractivity contribution in [2.45, 2.75) is 39.7 Å². The van der Waals surface area contributed by atoms with Crippen LogP contribution in [0.5, 0.6) is 0 Å². The Bertz CT molecular complexity index is 426. The molecular formula is C16H24N2O. The van der Waals surface area contributed by atoms with Gasteiger partial charge in [0.25, 0.3) is 5.91 Å². The standard InChI is InChI=1S/C16H24N2O/c1-4-12(2)10-14(17)11-13(3)16(19)18-15-8-6-5-7-9-15/h5-9,11-12,14H,4,10,17H2,1-3H3,(H,18,19)/b13-11+/t12-,14+/m0/s1. The fourth-order valence-corrected chi connectivity index (χ4v) is 1.85. The van der Waals surface area contributed by atoms with Gasteiger partial charge in [-0.05, 0) is 31.4 Å². The normalized spacial score (nSPS) is 14.8. The van der Waals surface area contributed by atoms with Gasteiger partial charge in [-0.2, -0.15) is 0 Å². The van der Waals surface area contributed by atoms with Crippen molar-refractivity contribution >= 4 is 11.6 Å². The molecular weight excluding hydrogens is 236 g/mol. The first-order valence-corrected chi connectivity index (χ1v) is 6.83. The summed E-state index contributed by atoms with van der Waals surface area (Å²) >= 11 is 0. The van der Waals surface area contributed by atoms with Crippen LogP contribution in [0.1, 0.15) is 33.6 Å². The van der Waals surface area contributed by atoms with Crippen LogP contribution in [0.3, 0.4) is 0 Å². The third kappa shape index (κ3) is 5.71. The molecule has 0 unspecified atom stereocenters. The Kier molecular flexibility index (Phi) is 6.30. The first-order chi connectivity index (χ1) is 9.02. The Morgan fingerprint density at radius 3 is 2.58 bits per heavy atom. The van der Waals surface area contributed by atoms with Gasteiger partial charge in [0.05, 0.1) is 0 Å². The summed E-state index contributed by atoms with van der Waals surface area (Å²) in [7, 11) is 0. The number of para-hydroxylation sites is 1. The second-order valence-corrected chi connectivity index (χ2v) is 5.08. The smallest absolute Gasteiger partial charge is 0.251 e. The number of carbonyl (C=O) groups excluding carboxylic acids is 1. The molecule has 0 saturated heterocycles. The van der Waals surface area contributed by atoms with Gasteiger partial charge in [0, 0.05) is 17.3 Å². The monoisotopic (exact) mass is 260 g/mol. The summed E-state index contributed by atoms with van der Waals surface area (Å²) in [4.78, 5) is 12.0. The zero-order valence-corrected chi connectivity index (χ0v) is 12.0. The molecule has 0 heterocycles. The van der Waals surface area contributed by atoms with E-state index < -0.39 is 0 Å². The van der Waals surface area contributed by atoms with Crippen molar-refractivity contribution in [3.63, 3.8) is 0 Å². The maximum absolute atomic E-state index is 12.0. The van der Waals surface area contributed by atoms with Gasteiger partial charge in [-0.25, -0.2) is 0 Å². The molecule has 3 nitrogen and oxygen atoms in total. The fraction of sp³-hybridized carbons (Fsp3) is 0.438. The second-order valence-electron chi connectivity index (χ2n) is 5.08. The van der Waals surface area contributed by atoms with E-state index in [1.165, 1.54) is 0 Å². The van der Waals surface area contributed by atoms with Crippen molar-refractivity contribution < 1.29 is 4.79 Å². The predicted octanol–water partition coefficient (Wildman–Crippen LogP) is 3.33. The number of hydrogen-bond acceptors (Lipinski definition) is 2. The molecule has 0 aliphatic carbocycles. The Hall–Kier alpha value is -1.61. The summed E-state index contributed by atoms with van der Waals surface area (Å²) in [6, 6.07) is 9.37. The number of rotatable bonds is 6. The van der Waals surface area contributed by atoms with Crippen LogP contribution >= 0.6 is 0 Å². The molecule has 3 heteroatoms. The Morgan fingerprint density at radius 1 is 1.37 bits per heavy atom. The molecule has 3 N–H and O–H groups in total. The highest BCUT2D eigenvalue weighted by atomic mass is 16.1. The molecule has 0 fully saturated rings. The number of carbonyl (C=O) groups is 1. The lowest BCUT2D eigenvalue weighted by Crippen LogP contribution is -2.22. The third-order valence-electron chi connectivity index (χ3n) is 3.23. The summed E-state index contributed by atoms with van der Waals surface area (Å²) in [6.07, 6.45) is 3.87. The summed E-state index contributed by atoms with van der Waals surface area (Å²) in [6.45, 7) is 6.12. The maximum Gasteiger partial charge on any atom is 0.251 e. The number of nitrogens with two attached hydrogens (primary N) is 1. The minimum absolute atomic E-state index is 0.0588. The van der Waals surface area contributed by atoms with Crippen LogP contribution in [0.2, 0.25) is 0 Å². The number of amides is 1. The van der Waals surface area contributed by atoms with E-state index in [1.54, 1.807) is 6.92 Å². The molecule has 0 radical (unpaired) electrons. The fourth-order valence-electron chi connectivity index (χ4n) is 1.85. The van der Waals surface area contributed by atoms with Crippen LogP contribution < -0.4 is 11.1 Å². The first kappa shape index (κ1) is 15.4. The second kappa shape index (κ2) is 7.74. The lowest BCUT2D eigenvalue weighted by molar-refractivity contribution is -0.112. The van der Waals surface area contributed by atoms with Crippen LogP contribution in [0.4, 0.5) is 5.69 Å². The summed E-state index contributed by atoms with van der Waals surface area (Å²) in [5.41, 5.74) is 7.49. The number of anilines is 1. The van der Waals surface area contributed by atoms with Gasteiger partial charge < -0.3 is 11.1 Å². The molecule has 0 aromatic heterocycles. The average molecular weight is 260 g/mol. The van der Waals surface area contributed by atoms with Crippen LogP contribution in [-0.4, -0.2) is 11.9 Å². The topological polar surface area (TPSA) is 55.1 Å². The molecule has 1 amide bonds. The summed E-state index contributed by atoms with van der Waals surface area (Å²) in [5, 5.41) is 2.85. The van der Waals surface area contributed by atoms with E-state index in [1.807, 2.05) is 36.4 Å². The van der Waals surface area contributed by atoms with E-state index in [0.717, 1.165) is 18.5 Å². The van der Waals surface area contributed by atoms with Crippen LogP contribution in [-0.2, 0) is 4.79 Å². The van der Waals surface area contributed by atoms with Crippen LogP contribution in [0.15, 0.2) is 42.0 Å². The Morgan fingerprint density at radius 2 is 2.00 bits per heavy atom. The summed E-state index contributed by atoms with van der Waals surface area (Å²) < 4.78 is 0. The highest BCUT2D eigenvalue weighted by Gasteiger charge is 2.09. The Labute approximate surface area is 115 Å². The van der Waals surface area contributed by atoms with Gasteiger partial charge in [0.15, 0.2) is 0 Å². The quantitative estimate of drug-likeness (QED) is 0.771. The molecule has 2 atom stereocenters. The molecule has 19 heavy (non-hydrogen) atoms. The predicted molar refractivity (Wildman–Crippen MR) is 80.9 cm³/mol. The minimum atomic E-state index is -0.0919. The Balaban J connectivity index is 2.56. The SMILES string of the molecule is CC[C@H](C)C[C@@H](N)/C=C(\C)C(=O)Nc1ccccc1. The highest BCUT2D eigenvalue weighted by molar-refractivity contribution is 6.03. The molecule has 0 spiro atoms. The summed E-state index contributed by atoms with van der Waals surface area (Å²) in [5.74, 6) is 0.488. The maximum atomic E-state index is 12.0. The molecule has 0 saturated carbocycles. The third-order valence-corrected chi connectivity index (χ3v) is 3.23. The molecule has 104 valence electrons. The van der Waals surface area contributed by atoms with Crippen molar-refractivity contribution in [3.05, 3.63) is 42.0 Å². The molecule has 0 aliphatic heterocycles. The molecule has 0 aliphatic rings. The highest BCUT2D eigenvalue weighted by Crippen LogP contribution is 2.12. The van der Waals surface area contributed by atoms with Gasteiger partial charge >= 0.3 is 0 Å². The number of nitrogens with one attached hydrogen (secondary N) is 1. The van der Waals surface area contributed by atoms with Gasteiger partial charge in [0.1, 0.15) is 0 Å². The molecule has 1 aromatic carbocycles. The molecule has 0 bridgehead atoms. The van der Waals surface area contributed by atoms with Gasteiger partial charge in [-0.15, -0.1) is 0 Å². The van der Waals surface area contributed by atoms with Crippen molar-refractivity contribution in [2.75, 3.05) is 5.32 Å². The van der Waals surface area contributed by atoms with Gasteiger partial charge in [-0.3, -0.25) is 4.79 Å². The van der Waals surface area contributed by atoms with Crippen molar-refractivity contribution in [3.8, 4) is 0 Å². The number of hydrogen-bond donors (Lipinski definition) is 2. The molecule has 1 aromatic rings. The first-order valence-electron chi connectivity index (χ1n) is 6.83. The average Bonchev–Trinajstić information content (AvgIpc) is 2.39. The zero-order valence-electron chi connectivity index (χ0n) is 12.0. The van der Waals surface area contributed by atoms with Crippen LogP contribution in [0, 0.1) is 5.92 Å².